The summed E-state index contributed by atoms with van der Waals surface area (Å²) in [6.45, 7) is 0. The van der Waals surface area contributed by atoms with E-state index in [1.807, 2.05) is 24.3 Å². The molecule has 3 rings (SSSR count). The molecule has 3 nitrogen and oxygen atoms in total. The Hall–Kier alpha value is -1.87. The summed E-state index contributed by atoms with van der Waals surface area (Å²) in [5.74, 6) is 1.47. The van der Waals surface area contributed by atoms with Crippen LogP contribution in [0.5, 0.6) is 11.5 Å². The fourth-order valence-electron chi connectivity index (χ4n) is 2.86. The summed E-state index contributed by atoms with van der Waals surface area (Å²) >= 11 is 6.05. The molecule has 0 bridgehead atoms. The Balaban J connectivity index is 1.83. The van der Waals surface area contributed by atoms with E-state index in [1.165, 1.54) is 11.1 Å². The van der Waals surface area contributed by atoms with Crippen LogP contribution in [-0.2, 0) is 6.42 Å². The van der Waals surface area contributed by atoms with E-state index in [4.69, 9.17) is 21.1 Å². The van der Waals surface area contributed by atoms with E-state index in [2.05, 4.69) is 17.4 Å². The third-order valence-corrected chi connectivity index (χ3v) is 4.14. The van der Waals surface area contributed by atoms with Crippen LogP contribution in [0.2, 0.25) is 5.02 Å². The Labute approximate surface area is 129 Å². The van der Waals surface area contributed by atoms with Crippen molar-refractivity contribution in [2.75, 3.05) is 19.5 Å². The van der Waals surface area contributed by atoms with E-state index in [1.54, 1.807) is 14.2 Å². The third-order valence-electron chi connectivity index (χ3n) is 3.91. The van der Waals surface area contributed by atoms with Crippen LogP contribution < -0.4 is 14.8 Å². The quantitative estimate of drug-likeness (QED) is 0.905. The number of nitrogens with one attached hydrogen (secondary N) is 1. The molecule has 1 unspecified atom stereocenters. The van der Waals surface area contributed by atoms with Gasteiger partial charge < -0.3 is 14.8 Å². The van der Waals surface area contributed by atoms with Gasteiger partial charge in [0.25, 0.3) is 0 Å². The van der Waals surface area contributed by atoms with Gasteiger partial charge >= 0.3 is 0 Å². The zero-order valence-electron chi connectivity index (χ0n) is 12.2. The van der Waals surface area contributed by atoms with E-state index < -0.39 is 0 Å². The number of halogens is 1. The summed E-state index contributed by atoms with van der Waals surface area (Å²) in [7, 11) is 3.29. The van der Waals surface area contributed by atoms with Crippen LogP contribution in [0.3, 0.4) is 0 Å². The van der Waals surface area contributed by atoms with Crippen molar-refractivity contribution in [3.8, 4) is 11.5 Å². The number of ether oxygens (including phenoxy) is 2. The number of hydrogen-bond donors (Lipinski definition) is 1. The average molecular weight is 304 g/mol. The van der Waals surface area contributed by atoms with Crippen molar-refractivity contribution in [3.05, 3.63) is 52.5 Å². The Bertz CT molecular complexity index is 657. The smallest absolute Gasteiger partial charge is 0.162 e. The molecule has 1 N–H and O–H groups in total. The lowest BCUT2D eigenvalue weighted by Crippen LogP contribution is -2.07. The molecule has 0 aromatic heterocycles. The van der Waals surface area contributed by atoms with Gasteiger partial charge in [-0.15, -0.1) is 0 Å². The highest BCUT2D eigenvalue weighted by Gasteiger charge is 2.22. The van der Waals surface area contributed by atoms with E-state index in [0.29, 0.717) is 6.04 Å². The van der Waals surface area contributed by atoms with Gasteiger partial charge in [-0.1, -0.05) is 17.7 Å². The first-order valence-corrected chi connectivity index (χ1v) is 7.36. The van der Waals surface area contributed by atoms with Gasteiger partial charge in [-0.25, -0.2) is 0 Å². The predicted octanol–water partition coefficient (Wildman–Crippen LogP) is 4.46. The van der Waals surface area contributed by atoms with Crippen molar-refractivity contribution in [1.82, 2.24) is 0 Å². The van der Waals surface area contributed by atoms with Crippen molar-refractivity contribution >= 4 is 17.3 Å². The third kappa shape index (κ3) is 2.79. The van der Waals surface area contributed by atoms with Crippen LogP contribution in [0.4, 0.5) is 5.69 Å². The van der Waals surface area contributed by atoms with Gasteiger partial charge in [-0.2, -0.15) is 0 Å². The molecule has 0 saturated heterocycles. The van der Waals surface area contributed by atoms with Gasteiger partial charge in [-0.05, 0) is 48.2 Å². The number of rotatable bonds is 4. The van der Waals surface area contributed by atoms with Crippen molar-refractivity contribution in [2.24, 2.45) is 0 Å². The predicted molar refractivity (Wildman–Crippen MR) is 85.7 cm³/mol. The summed E-state index contributed by atoms with van der Waals surface area (Å²) in [5, 5.41) is 4.37. The minimum atomic E-state index is 0.315. The monoisotopic (exact) mass is 303 g/mol. The normalized spacial score (nSPS) is 16.4. The highest BCUT2D eigenvalue weighted by atomic mass is 35.5. The van der Waals surface area contributed by atoms with E-state index in [-0.39, 0.29) is 0 Å². The first kappa shape index (κ1) is 14.1. The number of fused-ring (bicyclic) bond motifs is 1. The Morgan fingerprint density at radius 1 is 1.05 bits per heavy atom. The SMILES string of the molecule is COc1ccc(NC2CCc3cc(Cl)ccc32)cc1OC. The number of hydrogen-bond acceptors (Lipinski definition) is 3. The van der Waals surface area contributed by atoms with Crippen LogP contribution >= 0.6 is 11.6 Å². The number of anilines is 1. The molecule has 0 amide bonds. The van der Waals surface area contributed by atoms with E-state index in [0.717, 1.165) is 35.1 Å². The first-order chi connectivity index (χ1) is 10.2. The molecule has 4 heteroatoms. The maximum atomic E-state index is 6.05. The largest absolute Gasteiger partial charge is 0.493 e. The van der Waals surface area contributed by atoms with Crippen LogP contribution in [0.15, 0.2) is 36.4 Å². The fraction of sp³-hybridized carbons (Fsp3) is 0.294. The average Bonchev–Trinajstić information content (AvgIpc) is 2.89. The van der Waals surface area contributed by atoms with Gasteiger partial charge in [0.1, 0.15) is 0 Å². The molecule has 21 heavy (non-hydrogen) atoms. The Kier molecular flexibility index (Phi) is 3.93. The highest BCUT2D eigenvalue weighted by molar-refractivity contribution is 6.30. The van der Waals surface area contributed by atoms with E-state index in [9.17, 15) is 0 Å². The molecule has 0 spiro atoms. The maximum Gasteiger partial charge on any atom is 0.162 e. The molecule has 0 aliphatic heterocycles. The van der Waals surface area contributed by atoms with Gasteiger partial charge in [0.05, 0.1) is 20.3 Å². The fourth-order valence-corrected chi connectivity index (χ4v) is 3.06. The molecule has 0 fully saturated rings. The lowest BCUT2D eigenvalue weighted by atomic mass is 10.1. The Morgan fingerprint density at radius 2 is 1.86 bits per heavy atom. The number of benzene rings is 2. The van der Waals surface area contributed by atoms with Crippen molar-refractivity contribution in [3.63, 3.8) is 0 Å². The molecule has 1 aliphatic carbocycles. The lowest BCUT2D eigenvalue weighted by molar-refractivity contribution is 0.355. The molecular formula is C17H18ClNO2. The minimum Gasteiger partial charge on any atom is -0.493 e. The van der Waals surface area contributed by atoms with Crippen molar-refractivity contribution < 1.29 is 9.47 Å². The van der Waals surface area contributed by atoms with Crippen LogP contribution in [-0.4, -0.2) is 14.2 Å². The summed E-state index contributed by atoms with van der Waals surface area (Å²) in [6, 6.07) is 12.3. The minimum absolute atomic E-state index is 0.315. The molecular weight excluding hydrogens is 286 g/mol. The first-order valence-electron chi connectivity index (χ1n) is 6.98. The molecule has 0 heterocycles. The molecule has 2 aromatic rings. The molecule has 1 atom stereocenters. The summed E-state index contributed by atoms with van der Waals surface area (Å²) in [5.41, 5.74) is 3.69. The summed E-state index contributed by atoms with van der Waals surface area (Å²) in [6.07, 6.45) is 2.13. The van der Waals surface area contributed by atoms with Gasteiger partial charge in [0.2, 0.25) is 0 Å². The van der Waals surface area contributed by atoms with Crippen LogP contribution in [0.1, 0.15) is 23.6 Å². The number of methoxy groups -OCH3 is 2. The molecule has 0 radical (unpaired) electrons. The molecule has 1 aliphatic rings. The summed E-state index contributed by atoms with van der Waals surface area (Å²) < 4.78 is 10.6. The zero-order chi connectivity index (χ0) is 14.8. The standard InChI is InChI=1S/C17H18ClNO2/c1-20-16-8-5-13(10-17(16)21-2)19-15-7-3-11-9-12(18)4-6-14(11)15/h4-6,8-10,15,19H,3,7H2,1-2H3. The maximum absolute atomic E-state index is 6.05. The van der Waals surface area contributed by atoms with Gasteiger partial charge in [0.15, 0.2) is 11.5 Å². The van der Waals surface area contributed by atoms with Crippen molar-refractivity contribution in [1.29, 1.82) is 0 Å². The highest BCUT2D eigenvalue weighted by Crippen LogP contribution is 2.37. The number of aryl methyl sites for hydroxylation is 1. The van der Waals surface area contributed by atoms with Crippen molar-refractivity contribution in [2.45, 2.75) is 18.9 Å². The van der Waals surface area contributed by atoms with Crippen LogP contribution in [0, 0.1) is 0 Å². The van der Waals surface area contributed by atoms with Crippen LogP contribution in [0.25, 0.3) is 0 Å². The zero-order valence-corrected chi connectivity index (χ0v) is 12.9. The molecule has 0 saturated carbocycles. The summed E-state index contributed by atoms with van der Waals surface area (Å²) in [4.78, 5) is 0. The topological polar surface area (TPSA) is 30.5 Å². The van der Waals surface area contributed by atoms with Gasteiger partial charge in [0, 0.05) is 16.8 Å². The lowest BCUT2D eigenvalue weighted by Gasteiger charge is -2.17. The molecule has 2 aromatic carbocycles. The Morgan fingerprint density at radius 3 is 2.62 bits per heavy atom. The second-order valence-corrected chi connectivity index (χ2v) is 5.58. The second kappa shape index (κ2) is 5.86. The molecule has 110 valence electrons. The van der Waals surface area contributed by atoms with E-state index >= 15 is 0 Å². The second-order valence-electron chi connectivity index (χ2n) is 5.15. The van der Waals surface area contributed by atoms with Gasteiger partial charge in [-0.3, -0.25) is 0 Å².